The minimum Gasteiger partial charge on any atom is -0.493 e. The first-order chi connectivity index (χ1) is 14.1. The van der Waals surface area contributed by atoms with Crippen LogP contribution in [0.15, 0.2) is 17.1 Å². The van der Waals surface area contributed by atoms with Crippen molar-refractivity contribution in [2.24, 2.45) is 4.99 Å². The van der Waals surface area contributed by atoms with Crippen molar-refractivity contribution in [1.29, 1.82) is 0 Å². The first-order valence-electron chi connectivity index (χ1n) is 10.1. The highest BCUT2D eigenvalue weighted by Crippen LogP contribution is 2.38. The Hall–Kier alpha value is -2.64. The number of ether oxygens (including phenoxy) is 3. The van der Waals surface area contributed by atoms with E-state index in [2.05, 4.69) is 20.9 Å². The highest BCUT2D eigenvalue weighted by Gasteiger charge is 2.16. The molecule has 0 spiro atoms. The summed E-state index contributed by atoms with van der Waals surface area (Å²) in [7, 11) is 6.46. The van der Waals surface area contributed by atoms with Gasteiger partial charge in [-0.3, -0.25) is 9.79 Å². The summed E-state index contributed by atoms with van der Waals surface area (Å²) in [5.41, 5.74) is 0.956. The van der Waals surface area contributed by atoms with Gasteiger partial charge in [-0.15, -0.1) is 0 Å². The smallest absolute Gasteiger partial charge is 0.221 e. The molecule has 1 aliphatic carbocycles. The Bertz CT molecular complexity index is 662. The van der Waals surface area contributed by atoms with E-state index in [-0.39, 0.29) is 5.91 Å². The van der Waals surface area contributed by atoms with Crippen LogP contribution >= 0.6 is 0 Å². The summed E-state index contributed by atoms with van der Waals surface area (Å²) < 4.78 is 16.1. The number of nitrogens with zero attached hydrogens (tertiary/aromatic N) is 1. The van der Waals surface area contributed by atoms with Crippen molar-refractivity contribution in [1.82, 2.24) is 16.0 Å². The van der Waals surface area contributed by atoms with Crippen molar-refractivity contribution >= 4 is 11.9 Å². The number of amides is 1. The zero-order valence-corrected chi connectivity index (χ0v) is 18.0. The van der Waals surface area contributed by atoms with E-state index in [4.69, 9.17) is 14.2 Å². The molecule has 0 heterocycles. The van der Waals surface area contributed by atoms with Gasteiger partial charge in [-0.2, -0.15) is 0 Å². The average Bonchev–Trinajstić information content (AvgIpc) is 2.75. The number of hydrogen-bond acceptors (Lipinski definition) is 5. The number of carbonyl (C=O) groups excluding carboxylic acids is 1. The number of methoxy groups -OCH3 is 3. The van der Waals surface area contributed by atoms with Gasteiger partial charge < -0.3 is 30.2 Å². The van der Waals surface area contributed by atoms with Crippen molar-refractivity contribution in [2.75, 3.05) is 34.9 Å². The second kappa shape index (κ2) is 12.0. The third kappa shape index (κ3) is 7.03. The molecule has 8 nitrogen and oxygen atoms in total. The molecule has 0 unspecified atom stereocenters. The summed E-state index contributed by atoms with van der Waals surface area (Å²) >= 11 is 0. The lowest BCUT2D eigenvalue weighted by Crippen LogP contribution is -2.41. The van der Waals surface area contributed by atoms with Gasteiger partial charge in [0.15, 0.2) is 17.5 Å². The van der Waals surface area contributed by atoms with Crippen LogP contribution in [0.5, 0.6) is 17.2 Å². The van der Waals surface area contributed by atoms with Gasteiger partial charge >= 0.3 is 0 Å². The van der Waals surface area contributed by atoms with Gasteiger partial charge in [-0.25, -0.2) is 0 Å². The first kappa shape index (κ1) is 22.6. The topological polar surface area (TPSA) is 93.2 Å². The van der Waals surface area contributed by atoms with Crippen LogP contribution in [0, 0.1) is 0 Å². The van der Waals surface area contributed by atoms with Crippen molar-refractivity contribution < 1.29 is 19.0 Å². The Morgan fingerprint density at radius 1 is 1.03 bits per heavy atom. The molecule has 1 saturated carbocycles. The molecule has 2 rings (SSSR count). The van der Waals surface area contributed by atoms with Gasteiger partial charge in [0.25, 0.3) is 0 Å². The van der Waals surface area contributed by atoms with Crippen molar-refractivity contribution in [3.05, 3.63) is 17.7 Å². The Balaban J connectivity index is 1.80. The minimum atomic E-state index is 0.0875. The second-order valence-electron chi connectivity index (χ2n) is 7.04. The third-order valence-electron chi connectivity index (χ3n) is 5.02. The summed E-state index contributed by atoms with van der Waals surface area (Å²) in [5, 5.41) is 9.54. The standard InChI is InChI=1S/C21H34N4O4/c1-22-21(23-11-10-19(26)25-16-8-6-5-7-9-16)24-14-15-12-17(27-2)20(29-4)18(13-15)28-3/h12-13,16H,5-11,14H2,1-4H3,(H,25,26)(H2,22,23,24). The molecule has 29 heavy (non-hydrogen) atoms. The highest BCUT2D eigenvalue weighted by atomic mass is 16.5. The number of aliphatic imine (C=N–C) groups is 1. The molecule has 0 aliphatic heterocycles. The van der Waals surface area contributed by atoms with Crippen LogP contribution in [0.4, 0.5) is 0 Å². The molecule has 0 bridgehead atoms. The third-order valence-corrected chi connectivity index (χ3v) is 5.02. The lowest BCUT2D eigenvalue weighted by molar-refractivity contribution is -0.121. The van der Waals surface area contributed by atoms with Crippen LogP contribution in [0.2, 0.25) is 0 Å². The molecular weight excluding hydrogens is 372 g/mol. The average molecular weight is 407 g/mol. The molecule has 0 saturated heterocycles. The maximum Gasteiger partial charge on any atom is 0.221 e. The lowest BCUT2D eigenvalue weighted by atomic mass is 9.95. The first-order valence-corrected chi connectivity index (χ1v) is 10.1. The summed E-state index contributed by atoms with van der Waals surface area (Å²) in [4.78, 5) is 16.3. The van der Waals surface area contributed by atoms with Crippen molar-refractivity contribution in [3.8, 4) is 17.2 Å². The Kier molecular flexibility index (Phi) is 9.40. The zero-order valence-electron chi connectivity index (χ0n) is 18.0. The normalized spacial score (nSPS) is 14.8. The van der Waals surface area contributed by atoms with Crippen LogP contribution in [0.25, 0.3) is 0 Å². The van der Waals surface area contributed by atoms with Crippen LogP contribution in [0.1, 0.15) is 44.1 Å². The maximum absolute atomic E-state index is 12.1. The van der Waals surface area contributed by atoms with Crippen LogP contribution in [-0.4, -0.2) is 52.8 Å². The summed E-state index contributed by atoms with van der Waals surface area (Å²) in [6, 6.07) is 4.12. The number of hydrogen-bond donors (Lipinski definition) is 3. The number of benzene rings is 1. The Morgan fingerprint density at radius 2 is 1.69 bits per heavy atom. The van der Waals surface area contributed by atoms with Gasteiger partial charge in [0.1, 0.15) is 0 Å². The summed E-state index contributed by atoms with van der Waals surface area (Å²) in [6.07, 6.45) is 6.30. The monoisotopic (exact) mass is 406 g/mol. The van der Waals surface area contributed by atoms with Gasteiger partial charge in [-0.05, 0) is 30.5 Å². The number of guanidine groups is 1. The Labute approximate surface area is 173 Å². The largest absolute Gasteiger partial charge is 0.493 e. The van der Waals surface area contributed by atoms with E-state index in [1.807, 2.05) is 12.1 Å². The molecule has 0 atom stereocenters. The second-order valence-corrected chi connectivity index (χ2v) is 7.04. The molecule has 1 aliphatic rings. The quantitative estimate of drug-likeness (QED) is 0.430. The fraction of sp³-hybridized carbons (Fsp3) is 0.619. The van der Waals surface area contributed by atoms with Gasteiger partial charge in [0, 0.05) is 32.6 Å². The number of nitrogens with one attached hydrogen (secondary N) is 3. The lowest BCUT2D eigenvalue weighted by Gasteiger charge is -2.22. The maximum atomic E-state index is 12.1. The molecule has 0 radical (unpaired) electrons. The molecular formula is C21H34N4O4. The minimum absolute atomic E-state index is 0.0875. The molecule has 1 aromatic rings. The summed E-state index contributed by atoms with van der Waals surface area (Å²) in [6.45, 7) is 1.04. The van der Waals surface area contributed by atoms with Gasteiger partial charge in [0.2, 0.25) is 11.7 Å². The molecule has 162 valence electrons. The van der Waals surface area contributed by atoms with E-state index < -0.39 is 0 Å². The van der Waals surface area contributed by atoms with E-state index in [9.17, 15) is 4.79 Å². The molecule has 1 aromatic carbocycles. The molecule has 3 N–H and O–H groups in total. The van der Waals surface area contributed by atoms with Crippen molar-refractivity contribution in [3.63, 3.8) is 0 Å². The van der Waals surface area contributed by atoms with E-state index in [0.29, 0.717) is 48.8 Å². The van der Waals surface area contributed by atoms with Crippen LogP contribution < -0.4 is 30.2 Å². The predicted molar refractivity (Wildman–Crippen MR) is 114 cm³/mol. The number of rotatable bonds is 9. The van der Waals surface area contributed by atoms with E-state index in [0.717, 1.165) is 18.4 Å². The molecule has 0 aromatic heterocycles. The number of carbonyl (C=O) groups is 1. The fourth-order valence-corrected chi connectivity index (χ4v) is 3.49. The van der Waals surface area contributed by atoms with Gasteiger partial charge in [-0.1, -0.05) is 19.3 Å². The molecule has 8 heteroatoms. The van der Waals surface area contributed by atoms with E-state index >= 15 is 0 Å². The Morgan fingerprint density at radius 3 is 2.24 bits per heavy atom. The molecule has 1 amide bonds. The van der Waals surface area contributed by atoms with Crippen LogP contribution in [0.3, 0.4) is 0 Å². The zero-order chi connectivity index (χ0) is 21.1. The van der Waals surface area contributed by atoms with Gasteiger partial charge in [0.05, 0.1) is 21.3 Å². The highest BCUT2D eigenvalue weighted by molar-refractivity contribution is 5.81. The molecule has 1 fully saturated rings. The van der Waals surface area contributed by atoms with E-state index in [1.54, 1.807) is 28.4 Å². The van der Waals surface area contributed by atoms with E-state index in [1.165, 1.54) is 19.3 Å². The SMILES string of the molecule is CN=C(NCCC(=O)NC1CCCCC1)NCc1cc(OC)c(OC)c(OC)c1. The predicted octanol–water partition coefficient (Wildman–Crippen LogP) is 2.22. The van der Waals surface area contributed by atoms with Crippen molar-refractivity contribution in [2.45, 2.75) is 51.1 Å². The fourth-order valence-electron chi connectivity index (χ4n) is 3.49. The van der Waals surface area contributed by atoms with Crippen LogP contribution in [-0.2, 0) is 11.3 Å². The summed E-state index contributed by atoms with van der Waals surface area (Å²) in [5.74, 6) is 2.48.